The van der Waals surface area contributed by atoms with Crippen LogP contribution in [0, 0.1) is 0 Å². The number of anilines is 1. The fraction of sp³-hybridized carbons (Fsp3) is 0.500. The molecule has 7 heteroatoms. The van der Waals surface area contributed by atoms with Gasteiger partial charge in [-0.25, -0.2) is 0 Å². The van der Waals surface area contributed by atoms with Gasteiger partial charge >= 0.3 is 0 Å². The van der Waals surface area contributed by atoms with Gasteiger partial charge in [0.05, 0.1) is 21.8 Å². The molecule has 1 N–H and O–H groups in total. The van der Waals surface area contributed by atoms with Crippen molar-refractivity contribution in [2.24, 2.45) is 0 Å². The molecule has 29 heavy (non-hydrogen) atoms. The van der Waals surface area contributed by atoms with Gasteiger partial charge in [0.25, 0.3) is 11.8 Å². The standard InChI is InChI=1S/C22H29ClN4O2/c1-6-26(7-2)21(29)16-11-10-15(12-17(16)23)24-20(28)19-13-18(14-8-9-14)25-27(19)22(3,4)5/h10-14H,6-9H2,1-5H3,(H,24,28). The average molecular weight is 417 g/mol. The normalized spacial score (nSPS) is 14.0. The number of carbonyl (C=O) groups is 2. The van der Waals surface area contributed by atoms with E-state index in [9.17, 15) is 9.59 Å². The largest absolute Gasteiger partial charge is 0.339 e. The summed E-state index contributed by atoms with van der Waals surface area (Å²) in [5.41, 5.74) is 2.18. The Bertz CT molecular complexity index is 921. The summed E-state index contributed by atoms with van der Waals surface area (Å²) < 4.78 is 1.79. The summed E-state index contributed by atoms with van der Waals surface area (Å²) in [6, 6.07) is 6.88. The maximum absolute atomic E-state index is 13.0. The van der Waals surface area contributed by atoms with E-state index in [0.29, 0.717) is 41.0 Å². The highest BCUT2D eigenvalue weighted by Gasteiger charge is 2.31. The third-order valence-electron chi connectivity index (χ3n) is 5.10. The van der Waals surface area contributed by atoms with Crippen LogP contribution in [-0.2, 0) is 5.54 Å². The molecule has 1 fully saturated rings. The molecule has 6 nitrogen and oxygen atoms in total. The van der Waals surface area contributed by atoms with Crippen molar-refractivity contribution in [3.63, 3.8) is 0 Å². The Morgan fingerprint density at radius 1 is 1.21 bits per heavy atom. The molecule has 1 aliphatic carbocycles. The van der Waals surface area contributed by atoms with Crippen molar-refractivity contribution in [1.29, 1.82) is 0 Å². The first-order valence-corrected chi connectivity index (χ1v) is 10.5. The molecule has 0 atom stereocenters. The molecular formula is C22H29ClN4O2. The molecule has 0 saturated heterocycles. The second-order valence-corrected chi connectivity index (χ2v) is 8.84. The molecule has 0 spiro atoms. The van der Waals surface area contributed by atoms with Crippen molar-refractivity contribution in [1.82, 2.24) is 14.7 Å². The number of hydrogen-bond donors (Lipinski definition) is 1. The van der Waals surface area contributed by atoms with Gasteiger partial charge in [0.15, 0.2) is 0 Å². The van der Waals surface area contributed by atoms with Crippen LogP contribution in [0.1, 0.15) is 79.9 Å². The molecule has 1 aliphatic rings. The number of amides is 2. The summed E-state index contributed by atoms with van der Waals surface area (Å²) in [7, 11) is 0. The molecule has 1 aromatic carbocycles. The molecule has 2 aromatic rings. The summed E-state index contributed by atoms with van der Waals surface area (Å²) in [6.45, 7) is 11.2. The first kappa shape index (κ1) is 21.4. The number of halogens is 1. The molecule has 0 bridgehead atoms. The van der Waals surface area contributed by atoms with E-state index in [0.717, 1.165) is 18.5 Å². The number of carbonyl (C=O) groups excluding carboxylic acids is 2. The van der Waals surface area contributed by atoms with E-state index in [1.54, 1.807) is 27.8 Å². The Morgan fingerprint density at radius 2 is 1.86 bits per heavy atom. The van der Waals surface area contributed by atoms with E-state index in [1.807, 2.05) is 40.7 Å². The van der Waals surface area contributed by atoms with Crippen molar-refractivity contribution in [3.05, 3.63) is 46.2 Å². The predicted molar refractivity (Wildman–Crippen MR) is 116 cm³/mol. The maximum atomic E-state index is 13.0. The van der Waals surface area contributed by atoms with Crippen LogP contribution in [0.2, 0.25) is 5.02 Å². The van der Waals surface area contributed by atoms with E-state index in [-0.39, 0.29) is 17.4 Å². The summed E-state index contributed by atoms with van der Waals surface area (Å²) in [4.78, 5) is 27.2. The molecule has 1 heterocycles. The first-order chi connectivity index (χ1) is 13.7. The Labute approximate surface area is 177 Å². The van der Waals surface area contributed by atoms with Crippen molar-refractivity contribution in [3.8, 4) is 0 Å². The zero-order valence-corrected chi connectivity index (χ0v) is 18.5. The third kappa shape index (κ3) is 4.64. The molecule has 0 aliphatic heterocycles. The topological polar surface area (TPSA) is 67.2 Å². The lowest BCUT2D eigenvalue weighted by atomic mass is 10.1. The fourth-order valence-corrected chi connectivity index (χ4v) is 3.56. The van der Waals surface area contributed by atoms with Crippen molar-refractivity contribution in [2.75, 3.05) is 18.4 Å². The maximum Gasteiger partial charge on any atom is 0.273 e. The van der Waals surface area contributed by atoms with Gasteiger partial charge in [-0.3, -0.25) is 14.3 Å². The van der Waals surface area contributed by atoms with Gasteiger partial charge in [-0.15, -0.1) is 0 Å². The van der Waals surface area contributed by atoms with Crippen LogP contribution in [0.15, 0.2) is 24.3 Å². The van der Waals surface area contributed by atoms with Crippen LogP contribution in [0.5, 0.6) is 0 Å². The van der Waals surface area contributed by atoms with Crippen LogP contribution in [0.25, 0.3) is 0 Å². The van der Waals surface area contributed by atoms with E-state index in [4.69, 9.17) is 11.6 Å². The van der Waals surface area contributed by atoms with E-state index in [1.165, 1.54) is 0 Å². The number of nitrogens with one attached hydrogen (secondary N) is 1. The van der Waals surface area contributed by atoms with Gasteiger partial charge in [0.1, 0.15) is 5.69 Å². The highest BCUT2D eigenvalue weighted by atomic mass is 35.5. The minimum atomic E-state index is -0.308. The highest BCUT2D eigenvalue weighted by Crippen LogP contribution is 2.40. The van der Waals surface area contributed by atoms with Gasteiger partial charge in [-0.2, -0.15) is 5.10 Å². The second kappa shape index (κ2) is 8.19. The quantitative estimate of drug-likeness (QED) is 0.727. The van der Waals surface area contributed by atoms with Gasteiger partial charge in [-0.1, -0.05) is 11.6 Å². The molecule has 3 rings (SSSR count). The minimum absolute atomic E-state index is 0.113. The predicted octanol–water partition coefficient (Wildman–Crippen LogP) is 4.90. The van der Waals surface area contributed by atoms with Crippen molar-refractivity contribution < 1.29 is 9.59 Å². The monoisotopic (exact) mass is 416 g/mol. The molecule has 156 valence electrons. The summed E-state index contributed by atoms with van der Waals surface area (Å²) >= 11 is 6.35. The van der Waals surface area contributed by atoms with Crippen LogP contribution in [-0.4, -0.2) is 39.6 Å². The number of hydrogen-bond acceptors (Lipinski definition) is 3. The van der Waals surface area contributed by atoms with Crippen LogP contribution in [0.3, 0.4) is 0 Å². The van der Waals surface area contributed by atoms with E-state index in [2.05, 4.69) is 10.4 Å². The first-order valence-electron chi connectivity index (χ1n) is 10.2. The van der Waals surface area contributed by atoms with Crippen molar-refractivity contribution >= 4 is 29.1 Å². The molecule has 0 unspecified atom stereocenters. The summed E-state index contributed by atoms with van der Waals surface area (Å²) in [5, 5.41) is 7.90. The number of benzene rings is 1. The molecule has 1 aromatic heterocycles. The lowest BCUT2D eigenvalue weighted by molar-refractivity contribution is 0.0773. The van der Waals surface area contributed by atoms with Gasteiger partial charge in [0, 0.05) is 24.7 Å². The smallest absolute Gasteiger partial charge is 0.273 e. The number of aromatic nitrogens is 2. The lowest BCUT2D eigenvalue weighted by Gasteiger charge is -2.22. The highest BCUT2D eigenvalue weighted by molar-refractivity contribution is 6.34. The Hall–Kier alpha value is -2.34. The Balaban J connectivity index is 1.83. The Morgan fingerprint density at radius 3 is 2.38 bits per heavy atom. The molecule has 2 amide bonds. The zero-order valence-electron chi connectivity index (χ0n) is 17.8. The van der Waals surface area contributed by atoms with Gasteiger partial charge in [0.2, 0.25) is 0 Å². The average Bonchev–Trinajstić information content (AvgIpc) is 3.39. The summed E-state index contributed by atoms with van der Waals surface area (Å²) in [5.74, 6) is 0.112. The van der Waals surface area contributed by atoms with Crippen LogP contribution in [0.4, 0.5) is 5.69 Å². The zero-order chi connectivity index (χ0) is 21.3. The number of rotatable bonds is 6. The molecule has 1 saturated carbocycles. The lowest BCUT2D eigenvalue weighted by Crippen LogP contribution is -2.30. The second-order valence-electron chi connectivity index (χ2n) is 8.44. The van der Waals surface area contributed by atoms with Crippen LogP contribution < -0.4 is 5.32 Å². The molecule has 0 radical (unpaired) electrons. The van der Waals surface area contributed by atoms with Gasteiger partial charge in [-0.05, 0) is 71.7 Å². The summed E-state index contributed by atoms with van der Waals surface area (Å²) in [6.07, 6.45) is 2.25. The molecular weight excluding hydrogens is 388 g/mol. The Kier molecular flexibility index (Phi) is 6.03. The third-order valence-corrected chi connectivity index (χ3v) is 5.41. The fourth-order valence-electron chi connectivity index (χ4n) is 3.29. The van der Waals surface area contributed by atoms with Crippen LogP contribution >= 0.6 is 11.6 Å². The van der Waals surface area contributed by atoms with Gasteiger partial charge < -0.3 is 10.2 Å². The van der Waals surface area contributed by atoms with E-state index < -0.39 is 0 Å². The number of nitrogens with zero attached hydrogens (tertiary/aromatic N) is 3. The minimum Gasteiger partial charge on any atom is -0.339 e. The van der Waals surface area contributed by atoms with E-state index >= 15 is 0 Å². The van der Waals surface area contributed by atoms with Crippen molar-refractivity contribution in [2.45, 2.75) is 58.9 Å². The SMILES string of the molecule is CCN(CC)C(=O)c1ccc(NC(=O)c2cc(C3CC3)nn2C(C)(C)C)cc1Cl.